The highest BCUT2D eigenvalue weighted by Crippen LogP contribution is 2.47. The number of carbonyl (C=O) groups excluding carboxylic acids is 1. The van der Waals surface area contributed by atoms with Crippen LogP contribution in [0.15, 0.2) is 30.3 Å². The second kappa shape index (κ2) is 9.05. The van der Waals surface area contributed by atoms with E-state index in [4.69, 9.17) is 4.74 Å². The van der Waals surface area contributed by atoms with Crippen molar-refractivity contribution >= 4 is 14.3 Å². The molecule has 156 valence electrons. The SMILES string of the molecule is C[C@H]1[C@H]([Si](C)(C)F)[C@@H](CC(=O)N2CCC[C@H]2CO)O[C@H]1CCc1ccccc1. The van der Waals surface area contributed by atoms with Gasteiger partial charge in [-0.05, 0) is 50.3 Å². The summed E-state index contributed by atoms with van der Waals surface area (Å²) in [7, 11) is -2.98. The quantitative estimate of drug-likeness (QED) is 0.550. The summed E-state index contributed by atoms with van der Waals surface area (Å²) in [4.78, 5) is 14.6. The zero-order chi connectivity index (χ0) is 20.3. The molecule has 0 unspecified atom stereocenters. The highest BCUT2D eigenvalue weighted by Gasteiger charge is 2.51. The largest absolute Gasteiger partial charge is 0.394 e. The second-order valence-electron chi connectivity index (χ2n) is 8.96. The first kappa shape index (κ1) is 21.5. The van der Waals surface area contributed by atoms with E-state index in [1.165, 1.54) is 5.56 Å². The molecule has 1 amide bonds. The lowest BCUT2D eigenvalue weighted by Gasteiger charge is -2.30. The number of benzene rings is 1. The van der Waals surface area contributed by atoms with Gasteiger partial charge < -0.3 is 18.9 Å². The van der Waals surface area contributed by atoms with Crippen LogP contribution in [0, 0.1) is 5.92 Å². The first-order chi connectivity index (χ1) is 13.3. The van der Waals surface area contributed by atoms with Crippen LogP contribution in [0.25, 0.3) is 0 Å². The molecule has 2 saturated heterocycles. The predicted octanol–water partition coefficient (Wildman–Crippen LogP) is 3.94. The first-order valence-electron chi connectivity index (χ1n) is 10.6. The van der Waals surface area contributed by atoms with E-state index < -0.39 is 8.41 Å². The van der Waals surface area contributed by atoms with Crippen molar-refractivity contribution in [3.8, 4) is 0 Å². The van der Waals surface area contributed by atoms with Crippen LogP contribution in [0.4, 0.5) is 4.11 Å². The lowest BCUT2D eigenvalue weighted by molar-refractivity contribution is -0.135. The fourth-order valence-corrected chi connectivity index (χ4v) is 7.72. The van der Waals surface area contributed by atoms with Gasteiger partial charge in [0.15, 0.2) is 0 Å². The van der Waals surface area contributed by atoms with E-state index in [-0.39, 0.29) is 48.6 Å². The maximum atomic E-state index is 15.2. The van der Waals surface area contributed by atoms with Crippen LogP contribution in [0.2, 0.25) is 18.6 Å². The summed E-state index contributed by atoms with van der Waals surface area (Å²) in [6.07, 6.45) is 3.37. The Kier molecular flexibility index (Phi) is 6.94. The van der Waals surface area contributed by atoms with E-state index >= 15 is 4.11 Å². The molecule has 1 aromatic carbocycles. The molecule has 5 atom stereocenters. The Hall–Kier alpha value is -1.24. The number of aliphatic hydroxyl groups is 1. The van der Waals surface area contributed by atoms with Gasteiger partial charge in [0.05, 0.1) is 31.3 Å². The van der Waals surface area contributed by atoms with Crippen molar-refractivity contribution < 1.29 is 18.7 Å². The number of carbonyl (C=O) groups is 1. The molecule has 2 aliphatic rings. The van der Waals surface area contributed by atoms with Gasteiger partial charge in [-0.25, -0.2) is 0 Å². The minimum Gasteiger partial charge on any atom is -0.394 e. The standard InChI is InChI=1S/C22H34FNO3Si/c1-16-19(12-11-17-8-5-4-6-9-17)27-20(22(16)28(2,3)23)14-21(26)24-13-7-10-18(24)15-25/h4-6,8-9,16,18-20,22,25H,7,10-15H2,1-3H3/t16-,18+,19+,20-,22+/m1/s1. The third-order valence-electron chi connectivity index (χ3n) is 6.54. The average Bonchev–Trinajstić information content (AvgIpc) is 3.24. The van der Waals surface area contributed by atoms with Crippen LogP contribution in [0.3, 0.4) is 0 Å². The van der Waals surface area contributed by atoms with E-state index in [2.05, 4.69) is 19.1 Å². The van der Waals surface area contributed by atoms with Crippen molar-refractivity contribution in [3.63, 3.8) is 0 Å². The summed E-state index contributed by atoms with van der Waals surface area (Å²) in [5.74, 6) is 0.112. The average molecular weight is 408 g/mol. The molecule has 1 N–H and O–H groups in total. The van der Waals surface area contributed by atoms with Gasteiger partial charge in [-0.1, -0.05) is 37.3 Å². The number of aliphatic hydroxyl groups excluding tert-OH is 1. The van der Waals surface area contributed by atoms with E-state index in [9.17, 15) is 9.90 Å². The topological polar surface area (TPSA) is 49.8 Å². The van der Waals surface area contributed by atoms with Crippen LogP contribution in [0.1, 0.15) is 38.2 Å². The van der Waals surface area contributed by atoms with Crippen molar-refractivity contribution in [2.75, 3.05) is 13.2 Å². The summed E-state index contributed by atoms with van der Waals surface area (Å²) < 4.78 is 21.5. The summed E-state index contributed by atoms with van der Waals surface area (Å²) in [5, 5.41) is 9.51. The molecule has 4 nitrogen and oxygen atoms in total. The summed E-state index contributed by atoms with van der Waals surface area (Å²) in [6.45, 7) is 6.25. The summed E-state index contributed by atoms with van der Waals surface area (Å²) >= 11 is 0. The van der Waals surface area contributed by atoms with Crippen LogP contribution >= 0.6 is 0 Å². The van der Waals surface area contributed by atoms with Crippen molar-refractivity contribution in [1.29, 1.82) is 0 Å². The zero-order valence-corrected chi connectivity index (χ0v) is 18.3. The van der Waals surface area contributed by atoms with Gasteiger partial charge in [-0.3, -0.25) is 4.79 Å². The predicted molar refractivity (Wildman–Crippen MR) is 111 cm³/mol. The van der Waals surface area contributed by atoms with Gasteiger partial charge in [0.2, 0.25) is 14.3 Å². The Morgan fingerprint density at radius 3 is 2.64 bits per heavy atom. The Labute approximate surface area is 169 Å². The van der Waals surface area contributed by atoms with E-state index in [1.54, 1.807) is 18.0 Å². The van der Waals surface area contributed by atoms with Gasteiger partial charge in [-0.2, -0.15) is 0 Å². The third kappa shape index (κ3) is 4.84. The number of aryl methyl sites for hydroxylation is 1. The van der Waals surface area contributed by atoms with Crippen molar-refractivity contribution in [3.05, 3.63) is 35.9 Å². The summed E-state index contributed by atoms with van der Waals surface area (Å²) in [6, 6.07) is 10.2. The number of amides is 1. The number of likely N-dealkylation sites (tertiary alicyclic amines) is 1. The van der Waals surface area contributed by atoms with Gasteiger partial charge in [0.1, 0.15) is 0 Å². The van der Waals surface area contributed by atoms with Gasteiger partial charge in [0.25, 0.3) is 0 Å². The number of halogens is 1. The van der Waals surface area contributed by atoms with Crippen LogP contribution in [-0.2, 0) is 16.0 Å². The molecule has 28 heavy (non-hydrogen) atoms. The highest BCUT2D eigenvalue weighted by atomic mass is 28.4. The van der Waals surface area contributed by atoms with Gasteiger partial charge in [0, 0.05) is 12.1 Å². The molecule has 2 aliphatic heterocycles. The monoisotopic (exact) mass is 407 g/mol. The summed E-state index contributed by atoms with van der Waals surface area (Å²) in [5.41, 5.74) is 1.08. The molecular weight excluding hydrogens is 373 g/mol. The number of nitrogens with zero attached hydrogens (tertiary/aromatic N) is 1. The molecule has 2 fully saturated rings. The molecular formula is C22H34FNO3Si. The fraction of sp³-hybridized carbons (Fsp3) is 0.682. The molecule has 0 radical (unpaired) electrons. The van der Waals surface area contributed by atoms with Crippen molar-refractivity contribution in [2.45, 2.75) is 75.9 Å². The molecule has 2 heterocycles. The highest BCUT2D eigenvalue weighted by molar-refractivity contribution is 6.72. The molecule has 1 aromatic rings. The minimum absolute atomic E-state index is 0.000149. The normalized spacial score (nSPS) is 30.8. The molecule has 0 aliphatic carbocycles. The molecule has 0 spiro atoms. The van der Waals surface area contributed by atoms with Crippen LogP contribution in [-0.4, -0.2) is 55.7 Å². The number of rotatable bonds is 7. The van der Waals surface area contributed by atoms with Gasteiger partial charge in [-0.15, -0.1) is 0 Å². The number of hydrogen-bond donors (Lipinski definition) is 1. The van der Waals surface area contributed by atoms with E-state index in [0.29, 0.717) is 6.54 Å². The minimum atomic E-state index is -2.98. The Morgan fingerprint density at radius 1 is 1.29 bits per heavy atom. The molecule has 6 heteroatoms. The maximum absolute atomic E-state index is 15.2. The smallest absolute Gasteiger partial charge is 0.246 e. The molecule has 0 saturated carbocycles. The molecule has 0 aromatic heterocycles. The van der Waals surface area contributed by atoms with E-state index in [0.717, 1.165) is 25.7 Å². The Balaban J connectivity index is 1.67. The van der Waals surface area contributed by atoms with E-state index in [1.807, 2.05) is 18.2 Å². The van der Waals surface area contributed by atoms with Crippen LogP contribution < -0.4 is 0 Å². The van der Waals surface area contributed by atoms with Crippen molar-refractivity contribution in [2.24, 2.45) is 5.92 Å². The first-order valence-corrected chi connectivity index (χ1v) is 13.6. The lowest BCUT2D eigenvalue weighted by Crippen LogP contribution is -2.42. The Bertz CT molecular complexity index is 651. The fourth-order valence-electron chi connectivity index (χ4n) is 5.17. The molecule has 0 bridgehead atoms. The Morgan fingerprint density at radius 2 is 2.00 bits per heavy atom. The lowest BCUT2D eigenvalue weighted by atomic mass is 9.95. The molecule has 3 rings (SSSR count). The zero-order valence-electron chi connectivity index (χ0n) is 17.3. The number of hydrogen-bond acceptors (Lipinski definition) is 3. The van der Waals surface area contributed by atoms with Gasteiger partial charge >= 0.3 is 0 Å². The van der Waals surface area contributed by atoms with Crippen LogP contribution in [0.5, 0.6) is 0 Å². The number of ether oxygens (including phenoxy) is 1. The maximum Gasteiger partial charge on any atom is 0.246 e. The third-order valence-corrected chi connectivity index (χ3v) is 9.02. The van der Waals surface area contributed by atoms with Crippen molar-refractivity contribution in [1.82, 2.24) is 4.90 Å². The second-order valence-corrected chi connectivity index (χ2v) is 12.8.